The van der Waals surface area contributed by atoms with E-state index in [2.05, 4.69) is 74.3 Å². The lowest BCUT2D eigenvalue weighted by Gasteiger charge is -2.30. The second-order valence-corrected chi connectivity index (χ2v) is 21.1. The van der Waals surface area contributed by atoms with Crippen LogP contribution < -0.4 is 20.1 Å². The van der Waals surface area contributed by atoms with E-state index in [-0.39, 0.29) is 64.3 Å². The molecule has 4 aliphatic heterocycles. The number of carbonyl (C=O) groups excluding carboxylic acids is 3. The molecule has 10 rings (SSSR count). The third-order valence-corrected chi connectivity index (χ3v) is 15.6. The molecule has 1 saturated carbocycles. The van der Waals surface area contributed by atoms with Gasteiger partial charge in [-0.05, 0) is 71.3 Å². The Balaban J connectivity index is 0.886. The number of likely N-dealkylation sites (tertiary alicyclic amines) is 2. The first-order valence-corrected chi connectivity index (χ1v) is 23.6. The minimum absolute atomic E-state index is 0.0991. The first-order valence-electron chi connectivity index (χ1n) is 23.6. The van der Waals surface area contributed by atoms with Gasteiger partial charge >= 0.3 is 6.09 Å². The van der Waals surface area contributed by atoms with Gasteiger partial charge in [-0.15, -0.1) is 0 Å². The van der Waals surface area contributed by atoms with Gasteiger partial charge < -0.3 is 45.0 Å². The highest BCUT2D eigenvalue weighted by Crippen LogP contribution is 2.68. The van der Waals surface area contributed by atoms with Crippen LogP contribution in [-0.4, -0.2) is 77.8 Å². The molecule has 3 aromatic carbocycles. The van der Waals surface area contributed by atoms with Crippen molar-refractivity contribution in [2.75, 3.05) is 13.1 Å². The predicted molar refractivity (Wildman–Crippen MR) is 250 cm³/mol. The lowest BCUT2D eigenvalue weighted by atomic mass is 9.87. The first kappa shape index (κ1) is 44.2. The Labute approximate surface area is 390 Å². The molecule has 1 aliphatic carbocycles. The number of ether oxygens (including phenoxy) is 2. The van der Waals surface area contributed by atoms with Gasteiger partial charge in [-0.25, -0.2) is 14.8 Å². The fourth-order valence-corrected chi connectivity index (χ4v) is 11.4. The molecule has 2 aromatic heterocycles. The fourth-order valence-electron chi connectivity index (χ4n) is 11.4. The van der Waals surface area contributed by atoms with Crippen molar-refractivity contribution < 1.29 is 33.8 Å². The van der Waals surface area contributed by atoms with Crippen molar-refractivity contribution in [1.82, 2.24) is 40.4 Å². The molecule has 0 radical (unpaired) electrons. The normalized spacial score (nSPS) is 22.9. The van der Waals surface area contributed by atoms with Gasteiger partial charge in [0.1, 0.15) is 48.4 Å². The van der Waals surface area contributed by atoms with Crippen molar-refractivity contribution in [2.45, 2.75) is 106 Å². The molecule has 0 unspecified atom stereocenters. The van der Waals surface area contributed by atoms with Gasteiger partial charge in [0.05, 0.1) is 35.9 Å². The SMILES string of the molecule is CC(C)[C@H](NC(=O)O)C(=O)N1C[C@@H](C)C[C@H]1c1ncc(-c2cc3c4c(c2)OCc2cc(-c5cnc([C@@H]6C[C@H](C)CN6C(=O)[C@H](NC(=O)C6C(C)(C)C6(C)C)c6ccccc6)[nH]5)cc(c2-4)OC3)[nH]1. The third kappa shape index (κ3) is 7.59. The minimum atomic E-state index is -1.22. The number of aromatic amines is 2. The number of carbonyl (C=O) groups is 4. The quantitative estimate of drug-likeness (QED) is 0.0863. The molecule has 4 amide bonds. The number of aromatic nitrogens is 4. The monoisotopic (exact) mass is 908 g/mol. The number of carboxylic acid groups (broad SMARTS) is 1. The zero-order chi connectivity index (χ0) is 47.3. The lowest BCUT2D eigenvalue weighted by Crippen LogP contribution is -2.50. The smallest absolute Gasteiger partial charge is 0.405 e. The average Bonchev–Trinajstić information content (AvgIpc) is 4.03. The standard InChI is InChI=1S/C52H60N8O7/c1-26(2)42(58-50(64)65)48(62)59-22-27(3)14-36(59)45-53-20-34(55-45)30-16-32-24-67-39-19-31(17-33-25-66-38(18-30)40(32)41(33)39)35-21-54-46(56-35)37-15-28(4)23-60(37)49(63)43(29-12-10-9-11-13-29)57-47(61)44-51(5,6)52(44,7)8/h9-13,16-21,26-28,36-37,42-44,58H,14-15,22-25H2,1-8H3,(H,53,55)(H,54,56)(H,57,61)(H,64,65)/t27-,28-,36-,37-,42-,43+/m0/s1. The highest BCUT2D eigenvalue weighted by atomic mass is 16.5. The number of nitrogens with one attached hydrogen (secondary N) is 4. The summed E-state index contributed by atoms with van der Waals surface area (Å²) in [5, 5.41) is 15.0. The van der Waals surface area contributed by atoms with Gasteiger partial charge in [-0.1, -0.05) is 85.7 Å². The van der Waals surface area contributed by atoms with Crippen molar-refractivity contribution in [3.8, 4) is 45.1 Å². The van der Waals surface area contributed by atoms with Crippen LogP contribution >= 0.6 is 0 Å². The summed E-state index contributed by atoms with van der Waals surface area (Å²) in [6, 6.07) is 15.5. The number of rotatable bonds is 11. The van der Waals surface area contributed by atoms with Crippen LogP contribution in [0, 0.1) is 34.5 Å². The average molecular weight is 909 g/mol. The van der Waals surface area contributed by atoms with Gasteiger partial charge in [-0.2, -0.15) is 0 Å². The van der Waals surface area contributed by atoms with Gasteiger partial charge in [0.25, 0.3) is 0 Å². The van der Waals surface area contributed by atoms with Crippen LogP contribution in [0.5, 0.6) is 11.5 Å². The predicted octanol–water partition coefficient (Wildman–Crippen LogP) is 8.57. The molecule has 5 aliphatic rings. The number of benzene rings is 3. The molecule has 5 aromatic rings. The number of nitrogens with zero attached hydrogens (tertiary/aromatic N) is 4. The Morgan fingerprint density at radius 2 is 1.22 bits per heavy atom. The van der Waals surface area contributed by atoms with E-state index in [4.69, 9.17) is 19.4 Å². The summed E-state index contributed by atoms with van der Waals surface area (Å²) in [6.45, 7) is 18.0. The van der Waals surface area contributed by atoms with E-state index in [0.29, 0.717) is 44.4 Å². The van der Waals surface area contributed by atoms with Crippen LogP contribution in [0.1, 0.15) is 115 Å². The number of H-pyrrole nitrogens is 2. The molecule has 0 spiro atoms. The van der Waals surface area contributed by atoms with Gasteiger partial charge in [0, 0.05) is 52.4 Å². The summed E-state index contributed by atoms with van der Waals surface area (Å²) in [4.78, 5) is 74.1. The zero-order valence-corrected chi connectivity index (χ0v) is 39.4. The number of hydrogen-bond donors (Lipinski definition) is 5. The van der Waals surface area contributed by atoms with Crippen molar-refractivity contribution in [3.63, 3.8) is 0 Å². The number of imidazole rings is 2. The zero-order valence-electron chi connectivity index (χ0n) is 39.4. The first-order chi connectivity index (χ1) is 31.9. The highest BCUT2D eigenvalue weighted by Gasteiger charge is 2.68. The Kier molecular flexibility index (Phi) is 10.8. The van der Waals surface area contributed by atoms with Crippen LogP contribution in [0.2, 0.25) is 0 Å². The van der Waals surface area contributed by atoms with E-state index in [0.717, 1.165) is 68.3 Å². The van der Waals surface area contributed by atoms with E-state index in [1.807, 2.05) is 67.4 Å². The fraction of sp³-hybridized carbons (Fsp3) is 0.462. The Morgan fingerprint density at radius 3 is 1.69 bits per heavy atom. The van der Waals surface area contributed by atoms with E-state index in [1.54, 1.807) is 11.1 Å². The van der Waals surface area contributed by atoms with Crippen LogP contribution in [-0.2, 0) is 27.6 Å². The van der Waals surface area contributed by atoms with E-state index in [9.17, 15) is 24.3 Å². The van der Waals surface area contributed by atoms with Gasteiger partial charge in [-0.3, -0.25) is 14.4 Å². The summed E-state index contributed by atoms with van der Waals surface area (Å²) in [5.74, 6) is 2.38. The Bertz CT molecular complexity index is 2730. The maximum atomic E-state index is 14.7. The lowest BCUT2D eigenvalue weighted by molar-refractivity contribution is -0.138. The molecule has 2 saturated heterocycles. The van der Waals surface area contributed by atoms with Crippen molar-refractivity contribution >= 4 is 23.8 Å². The van der Waals surface area contributed by atoms with Crippen LogP contribution in [0.4, 0.5) is 4.79 Å². The highest BCUT2D eigenvalue weighted by molar-refractivity contribution is 5.92. The Hall–Kier alpha value is -6.64. The number of amides is 4. The summed E-state index contributed by atoms with van der Waals surface area (Å²) in [7, 11) is 0. The van der Waals surface area contributed by atoms with Crippen LogP contribution in [0.15, 0.2) is 67.0 Å². The molecule has 350 valence electrons. The summed E-state index contributed by atoms with van der Waals surface area (Å²) < 4.78 is 13.0. The van der Waals surface area contributed by atoms with E-state index >= 15 is 0 Å². The molecule has 3 fully saturated rings. The third-order valence-electron chi connectivity index (χ3n) is 15.6. The largest absolute Gasteiger partial charge is 0.488 e. The molecule has 67 heavy (non-hydrogen) atoms. The molecule has 6 atom stereocenters. The molecule has 0 bridgehead atoms. The number of hydrogen-bond acceptors (Lipinski definition) is 8. The van der Waals surface area contributed by atoms with Crippen molar-refractivity contribution in [3.05, 3.63) is 95.3 Å². The molecule has 15 heteroatoms. The van der Waals surface area contributed by atoms with Gasteiger partial charge in [0.15, 0.2) is 0 Å². The maximum Gasteiger partial charge on any atom is 0.405 e. The maximum absolute atomic E-state index is 14.7. The van der Waals surface area contributed by atoms with Crippen molar-refractivity contribution in [2.24, 2.45) is 34.5 Å². The summed E-state index contributed by atoms with van der Waals surface area (Å²) in [6.07, 6.45) is 3.80. The minimum Gasteiger partial charge on any atom is -0.488 e. The molecule has 6 heterocycles. The van der Waals surface area contributed by atoms with Crippen molar-refractivity contribution in [1.29, 1.82) is 0 Å². The summed E-state index contributed by atoms with van der Waals surface area (Å²) >= 11 is 0. The van der Waals surface area contributed by atoms with Crippen LogP contribution in [0.3, 0.4) is 0 Å². The molecule has 5 N–H and O–H groups in total. The summed E-state index contributed by atoms with van der Waals surface area (Å²) in [5.41, 5.74) is 7.73. The van der Waals surface area contributed by atoms with E-state index < -0.39 is 18.2 Å². The molecular weight excluding hydrogens is 849 g/mol. The second-order valence-electron chi connectivity index (χ2n) is 21.1. The van der Waals surface area contributed by atoms with Gasteiger partial charge in [0.2, 0.25) is 17.7 Å². The molecular formula is C52H60N8O7. The Morgan fingerprint density at radius 1 is 0.731 bits per heavy atom. The molecule has 15 nitrogen and oxygen atoms in total. The second kappa shape index (κ2) is 16.3. The van der Waals surface area contributed by atoms with Crippen LogP contribution in [0.25, 0.3) is 33.6 Å². The van der Waals surface area contributed by atoms with E-state index in [1.165, 1.54) is 0 Å². The topological polar surface area (TPSA) is 195 Å².